The Bertz CT molecular complexity index is 3010. The molecule has 16 nitrogen and oxygen atoms in total. The standard InChI is InChI=1S/C50H52N8O8/c1-7-21-57(46(59)41(56-49(62)64-6)30-11-9-8-10-12-30)26-39-51-37-19-15-33-24-31(13-17-35(33)42(37)53-39)32-14-18-36-34(25-32)16-20-38-43(36)54-45(52-38)44-29(4)50(65-22-23-66-50)27-58(44)47(60)40(28(2)3)55-48(61)63-5/h8-20,24-25,28,40-41,44H,4,7,21-23,26-27H2,1-3,5-6H3,(H,51,53)(H,52,54)(H,55,61)(H,56,62)/t40-,41+,44-/m0/s1. The summed E-state index contributed by atoms with van der Waals surface area (Å²) < 4.78 is 21.9. The second kappa shape index (κ2) is 17.9. The van der Waals surface area contributed by atoms with Crippen molar-refractivity contribution in [1.29, 1.82) is 0 Å². The van der Waals surface area contributed by atoms with Gasteiger partial charge < -0.3 is 49.3 Å². The number of benzene rings is 5. The molecule has 0 unspecified atom stereocenters. The summed E-state index contributed by atoms with van der Waals surface area (Å²) in [6, 6.07) is 27.3. The maximum absolute atomic E-state index is 14.3. The van der Waals surface area contributed by atoms with Gasteiger partial charge in [-0.1, -0.05) is 94.1 Å². The fraction of sp³-hybridized carbons (Fsp3) is 0.320. The molecule has 2 saturated heterocycles. The van der Waals surface area contributed by atoms with Crippen molar-refractivity contribution in [3.63, 3.8) is 0 Å². The Labute approximate surface area is 380 Å². The van der Waals surface area contributed by atoms with Crippen LogP contribution in [-0.4, -0.2) is 106 Å². The molecule has 66 heavy (non-hydrogen) atoms. The van der Waals surface area contributed by atoms with Crippen molar-refractivity contribution < 1.29 is 38.1 Å². The van der Waals surface area contributed by atoms with Gasteiger partial charge in [-0.25, -0.2) is 19.6 Å². The number of hydrogen-bond donors (Lipinski definition) is 4. The van der Waals surface area contributed by atoms with Crippen LogP contribution in [0.15, 0.2) is 103 Å². The molecule has 340 valence electrons. The molecule has 2 aliphatic heterocycles. The molecule has 5 aromatic carbocycles. The fourth-order valence-corrected chi connectivity index (χ4v) is 9.19. The number of alkyl carbamates (subject to hydrolysis) is 2. The van der Waals surface area contributed by atoms with Gasteiger partial charge in [0, 0.05) is 22.9 Å². The molecule has 0 aliphatic carbocycles. The second-order valence-electron chi connectivity index (χ2n) is 17.0. The molecule has 0 radical (unpaired) electrons. The van der Waals surface area contributed by atoms with E-state index in [1.54, 1.807) is 21.9 Å². The van der Waals surface area contributed by atoms with Gasteiger partial charge in [-0.3, -0.25) is 9.59 Å². The summed E-state index contributed by atoms with van der Waals surface area (Å²) >= 11 is 0. The van der Waals surface area contributed by atoms with Crippen LogP contribution in [-0.2, 0) is 35.1 Å². The van der Waals surface area contributed by atoms with Gasteiger partial charge in [0.1, 0.15) is 29.8 Å². The molecule has 3 atom stereocenters. The monoisotopic (exact) mass is 892 g/mol. The van der Waals surface area contributed by atoms with Crippen LogP contribution in [0.4, 0.5) is 9.59 Å². The van der Waals surface area contributed by atoms with E-state index in [9.17, 15) is 19.2 Å². The summed E-state index contributed by atoms with van der Waals surface area (Å²) in [5, 5.41) is 9.28. The molecule has 4 N–H and O–H groups in total. The van der Waals surface area contributed by atoms with Gasteiger partial charge in [0.25, 0.3) is 0 Å². The number of H-pyrrole nitrogens is 2. The lowest BCUT2D eigenvalue weighted by atomic mass is 9.98. The minimum absolute atomic E-state index is 0.0902. The average molecular weight is 893 g/mol. The minimum atomic E-state index is -1.19. The first-order valence-corrected chi connectivity index (χ1v) is 22.1. The van der Waals surface area contributed by atoms with Crippen molar-refractivity contribution in [2.24, 2.45) is 5.92 Å². The molecule has 7 aromatic rings. The lowest BCUT2D eigenvalue weighted by Crippen LogP contribution is -2.52. The largest absolute Gasteiger partial charge is 0.453 e. The number of ether oxygens (including phenoxy) is 4. The zero-order valence-corrected chi connectivity index (χ0v) is 37.5. The topological polar surface area (TPSA) is 193 Å². The quantitative estimate of drug-likeness (QED) is 0.0880. The van der Waals surface area contributed by atoms with E-state index in [0.717, 1.165) is 54.7 Å². The van der Waals surface area contributed by atoms with E-state index in [4.69, 9.17) is 28.9 Å². The Morgan fingerprint density at radius 1 is 0.833 bits per heavy atom. The molecule has 1 spiro atoms. The minimum Gasteiger partial charge on any atom is -0.453 e. The molecule has 0 bridgehead atoms. The van der Waals surface area contributed by atoms with Crippen LogP contribution in [0.2, 0.25) is 0 Å². The summed E-state index contributed by atoms with van der Waals surface area (Å²) in [4.78, 5) is 73.2. The number of rotatable bonds is 12. The van der Waals surface area contributed by atoms with Crippen molar-refractivity contribution in [1.82, 2.24) is 40.4 Å². The first-order valence-electron chi connectivity index (χ1n) is 22.1. The zero-order valence-electron chi connectivity index (χ0n) is 37.5. The van der Waals surface area contributed by atoms with E-state index in [1.807, 2.05) is 57.2 Å². The predicted octanol–water partition coefficient (Wildman–Crippen LogP) is 7.81. The van der Waals surface area contributed by atoms with Gasteiger partial charge in [-0.2, -0.15) is 0 Å². The van der Waals surface area contributed by atoms with Crippen LogP contribution < -0.4 is 10.6 Å². The number of nitrogens with zero attached hydrogens (tertiary/aromatic N) is 4. The number of amides is 4. The first kappa shape index (κ1) is 43.9. The van der Waals surface area contributed by atoms with Crippen LogP contribution in [0.5, 0.6) is 0 Å². The van der Waals surface area contributed by atoms with Gasteiger partial charge in [-0.05, 0) is 64.1 Å². The number of carbonyl (C=O) groups is 4. The first-order chi connectivity index (χ1) is 31.9. The fourth-order valence-electron chi connectivity index (χ4n) is 9.19. The van der Waals surface area contributed by atoms with Crippen molar-refractivity contribution in [2.45, 2.75) is 57.6 Å². The van der Waals surface area contributed by atoms with Gasteiger partial charge in [-0.15, -0.1) is 0 Å². The van der Waals surface area contributed by atoms with Gasteiger partial charge >= 0.3 is 12.2 Å². The number of carbonyl (C=O) groups excluding carboxylic acids is 4. The molecule has 0 saturated carbocycles. The summed E-state index contributed by atoms with van der Waals surface area (Å²) in [5.41, 5.74) is 6.40. The zero-order chi connectivity index (χ0) is 46.3. The molecule has 2 aliphatic rings. The number of methoxy groups -OCH3 is 2. The van der Waals surface area contributed by atoms with E-state index >= 15 is 0 Å². The van der Waals surface area contributed by atoms with Gasteiger partial charge in [0.15, 0.2) is 0 Å². The van der Waals surface area contributed by atoms with E-state index < -0.39 is 36.1 Å². The van der Waals surface area contributed by atoms with Crippen LogP contribution in [0, 0.1) is 5.92 Å². The van der Waals surface area contributed by atoms with E-state index in [-0.39, 0.29) is 30.8 Å². The highest BCUT2D eigenvalue weighted by Gasteiger charge is 2.56. The summed E-state index contributed by atoms with van der Waals surface area (Å²) in [5.74, 6) is -0.891. The molecule has 4 amide bonds. The summed E-state index contributed by atoms with van der Waals surface area (Å²) in [6.07, 6.45) is -0.682. The molecule has 9 rings (SSSR count). The van der Waals surface area contributed by atoms with Gasteiger partial charge in [0.2, 0.25) is 17.6 Å². The Hall–Kier alpha value is -7.30. The predicted molar refractivity (Wildman–Crippen MR) is 249 cm³/mol. The Balaban J connectivity index is 0.992. The smallest absolute Gasteiger partial charge is 0.407 e. The van der Waals surface area contributed by atoms with E-state index in [2.05, 4.69) is 69.6 Å². The highest BCUT2D eigenvalue weighted by molar-refractivity contribution is 6.07. The second-order valence-corrected chi connectivity index (χ2v) is 17.0. The van der Waals surface area contributed by atoms with E-state index in [0.29, 0.717) is 49.0 Å². The van der Waals surface area contributed by atoms with E-state index in [1.165, 1.54) is 14.2 Å². The highest BCUT2D eigenvalue weighted by atomic mass is 16.7. The Kier molecular flexibility index (Phi) is 11.9. The average Bonchev–Trinajstić information content (AvgIpc) is 4.15. The number of nitrogens with one attached hydrogen (secondary N) is 4. The van der Waals surface area contributed by atoms with Crippen molar-refractivity contribution in [2.75, 3.05) is 40.5 Å². The van der Waals surface area contributed by atoms with Crippen LogP contribution in [0.25, 0.3) is 54.7 Å². The summed E-state index contributed by atoms with van der Waals surface area (Å²) in [6.45, 7) is 11.6. The van der Waals surface area contributed by atoms with Crippen LogP contribution in [0.3, 0.4) is 0 Å². The van der Waals surface area contributed by atoms with Crippen LogP contribution in [0.1, 0.15) is 56.5 Å². The molecular weight excluding hydrogens is 841 g/mol. The van der Waals surface area contributed by atoms with Crippen molar-refractivity contribution in [3.8, 4) is 11.1 Å². The lowest BCUT2D eigenvalue weighted by Gasteiger charge is -2.29. The number of imidazole rings is 2. The third kappa shape index (κ3) is 8.06. The number of aromatic amines is 2. The van der Waals surface area contributed by atoms with Crippen LogP contribution >= 0.6 is 0 Å². The lowest BCUT2D eigenvalue weighted by molar-refractivity contribution is -0.144. The third-order valence-electron chi connectivity index (χ3n) is 12.5. The highest BCUT2D eigenvalue weighted by Crippen LogP contribution is 2.46. The number of hydrogen-bond acceptors (Lipinski definition) is 10. The van der Waals surface area contributed by atoms with Gasteiger partial charge in [0.05, 0.1) is 62.6 Å². The third-order valence-corrected chi connectivity index (χ3v) is 12.5. The normalized spacial score (nSPS) is 16.7. The Morgan fingerprint density at radius 2 is 1.44 bits per heavy atom. The molecule has 2 aromatic heterocycles. The molecule has 16 heteroatoms. The maximum Gasteiger partial charge on any atom is 0.407 e. The number of likely N-dealkylation sites (tertiary alicyclic amines) is 1. The molecule has 4 heterocycles. The molecule has 2 fully saturated rings. The van der Waals surface area contributed by atoms with Crippen molar-refractivity contribution >= 4 is 67.6 Å². The summed E-state index contributed by atoms with van der Waals surface area (Å²) in [7, 11) is 2.53. The Morgan fingerprint density at radius 3 is 2.05 bits per heavy atom. The SMILES string of the molecule is C=C1[C@@H](c2nc3c(ccc4cc(-c5ccc6c(ccc7[nH]c(CN(CCC)C(=O)[C@H](NC(=O)OC)c8ccccc8)nc76)c5)ccc43)[nH]2)N(C(=O)[C@@H](NC(=O)OC)C(C)C)CC12OCCO2. The van der Waals surface area contributed by atoms with Crippen molar-refractivity contribution in [3.05, 3.63) is 120 Å². The number of fused-ring (bicyclic) bond motifs is 6. The maximum atomic E-state index is 14.3. The molecular formula is C50H52N8O8. The number of aromatic nitrogens is 4.